The number of halogens is 1. The fourth-order valence-corrected chi connectivity index (χ4v) is 4.72. The molecule has 0 unspecified atom stereocenters. The minimum Gasteiger partial charge on any atom is -0.493 e. The second kappa shape index (κ2) is 8.80. The van der Waals surface area contributed by atoms with Gasteiger partial charge in [-0.05, 0) is 24.3 Å². The Morgan fingerprint density at radius 1 is 1.11 bits per heavy atom. The summed E-state index contributed by atoms with van der Waals surface area (Å²) in [5.41, 5.74) is 5.24. The summed E-state index contributed by atoms with van der Waals surface area (Å²) in [5.74, 6) is -0.406. The van der Waals surface area contributed by atoms with Crippen LogP contribution in [0.5, 0.6) is 5.75 Å². The van der Waals surface area contributed by atoms with Gasteiger partial charge in [0.15, 0.2) is 0 Å². The van der Waals surface area contributed by atoms with Crippen molar-refractivity contribution in [3.63, 3.8) is 0 Å². The molecule has 4 aromatic rings. The van der Waals surface area contributed by atoms with Gasteiger partial charge in [-0.25, -0.2) is 4.39 Å². The number of hydrogen-bond acceptors (Lipinski definition) is 10. The van der Waals surface area contributed by atoms with Crippen molar-refractivity contribution in [3.8, 4) is 17.4 Å². The highest BCUT2D eigenvalue weighted by atomic mass is 19.1. The summed E-state index contributed by atoms with van der Waals surface area (Å²) in [6.07, 6.45) is 0. The predicted molar refractivity (Wildman–Crippen MR) is 131 cm³/mol. The standard InChI is InChI=1S/C25H23FN8O3/c1-33(15-8-4-2-5-9-15)24-30-19(29-23(27)31-24)20-28-21(37-32-20)22(35)34-12-17-18(25(17,26)14-34)13-36-16-10-6-3-7-11-16/h2-11,17-18H,12-14H2,1H3,(H2,27,29,30,31)/t17-,18-,25+/m0/s1. The van der Waals surface area contributed by atoms with Gasteiger partial charge < -0.3 is 24.8 Å². The average molecular weight is 503 g/mol. The molecule has 1 aliphatic heterocycles. The molecular weight excluding hydrogens is 479 g/mol. The number of carbonyl (C=O) groups excluding carboxylic acids is 1. The molecule has 0 bridgehead atoms. The van der Waals surface area contributed by atoms with E-state index in [0.717, 1.165) is 5.69 Å². The Balaban J connectivity index is 1.12. The second-order valence-electron chi connectivity index (χ2n) is 9.08. The van der Waals surface area contributed by atoms with Crippen LogP contribution in [0.15, 0.2) is 65.2 Å². The Morgan fingerprint density at radius 2 is 1.84 bits per heavy atom. The molecule has 6 rings (SSSR count). The van der Waals surface area contributed by atoms with Crippen molar-refractivity contribution < 1.29 is 18.4 Å². The number of rotatable bonds is 7. The van der Waals surface area contributed by atoms with Crippen molar-refractivity contribution in [1.82, 2.24) is 30.0 Å². The Bertz CT molecular complexity index is 1440. The van der Waals surface area contributed by atoms with Crippen molar-refractivity contribution in [2.24, 2.45) is 11.8 Å². The Morgan fingerprint density at radius 3 is 2.54 bits per heavy atom. The van der Waals surface area contributed by atoms with Crippen LogP contribution < -0.4 is 15.4 Å². The van der Waals surface area contributed by atoms with Gasteiger partial charge in [0.05, 0.1) is 13.2 Å². The highest BCUT2D eigenvalue weighted by molar-refractivity contribution is 5.90. The molecule has 0 spiro atoms. The first-order valence-electron chi connectivity index (χ1n) is 11.7. The fraction of sp³-hybridized carbons (Fsp3) is 0.280. The molecule has 37 heavy (non-hydrogen) atoms. The maximum absolute atomic E-state index is 15.4. The lowest BCUT2D eigenvalue weighted by atomic mass is 10.2. The van der Waals surface area contributed by atoms with E-state index in [1.165, 1.54) is 4.90 Å². The van der Waals surface area contributed by atoms with E-state index in [0.29, 0.717) is 5.75 Å². The number of nitrogens with two attached hydrogens (primary N) is 1. The predicted octanol–water partition coefficient (Wildman–Crippen LogP) is 2.76. The van der Waals surface area contributed by atoms with Crippen LogP contribution >= 0.6 is 0 Å². The van der Waals surface area contributed by atoms with Gasteiger partial charge in [0.2, 0.25) is 23.5 Å². The molecule has 0 radical (unpaired) electrons. The summed E-state index contributed by atoms with van der Waals surface area (Å²) >= 11 is 0. The number of carbonyl (C=O) groups is 1. The number of para-hydroxylation sites is 2. The first kappa shape index (κ1) is 22.8. The van der Waals surface area contributed by atoms with E-state index in [1.807, 2.05) is 60.7 Å². The third kappa shape index (κ3) is 4.20. The molecule has 2 aliphatic rings. The maximum Gasteiger partial charge on any atom is 0.316 e. The first-order valence-corrected chi connectivity index (χ1v) is 11.7. The number of likely N-dealkylation sites (tertiary alicyclic amines) is 1. The van der Waals surface area contributed by atoms with Crippen LogP contribution in [-0.4, -0.2) is 68.3 Å². The van der Waals surface area contributed by atoms with Gasteiger partial charge in [-0.2, -0.15) is 19.9 Å². The molecular formula is C25H23FN8O3. The number of amides is 1. The summed E-state index contributed by atoms with van der Waals surface area (Å²) in [6.45, 7) is 0.459. The van der Waals surface area contributed by atoms with Crippen LogP contribution in [0.1, 0.15) is 10.7 Å². The quantitative estimate of drug-likeness (QED) is 0.402. The molecule has 3 heterocycles. The van der Waals surface area contributed by atoms with Crippen LogP contribution in [0.2, 0.25) is 0 Å². The minimum absolute atomic E-state index is 0.0198. The molecule has 2 aromatic heterocycles. The summed E-state index contributed by atoms with van der Waals surface area (Å²) in [4.78, 5) is 32.9. The second-order valence-corrected chi connectivity index (χ2v) is 9.08. The van der Waals surface area contributed by atoms with Gasteiger partial charge in [0.25, 0.3) is 0 Å². The Labute approximate surface area is 211 Å². The van der Waals surface area contributed by atoms with E-state index in [1.54, 1.807) is 11.9 Å². The molecule has 1 saturated heterocycles. The van der Waals surface area contributed by atoms with Crippen LogP contribution in [0.3, 0.4) is 0 Å². The van der Waals surface area contributed by atoms with E-state index < -0.39 is 11.6 Å². The topological polar surface area (TPSA) is 136 Å². The number of hydrogen-bond donors (Lipinski definition) is 1. The Kier molecular flexibility index (Phi) is 5.43. The van der Waals surface area contributed by atoms with Gasteiger partial charge in [-0.1, -0.05) is 41.6 Å². The molecule has 1 saturated carbocycles. The smallest absolute Gasteiger partial charge is 0.316 e. The third-order valence-corrected chi connectivity index (χ3v) is 6.81. The molecule has 2 aromatic carbocycles. The SMILES string of the molecule is CN(c1ccccc1)c1nc(N)nc(-c2noc(C(=O)N3C[C@H]4[C@H](COc5ccccc5)[C@@]4(F)C3)n2)n1. The van der Waals surface area contributed by atoms with Gasteiger partial charge in [-0.15, -0.1) is 0 Å². The van der Waals surface area contributed by atoms with Gasteiger partial charge in [0.1, 0.15) is 11.4 Å². The monoisotopic (exact) mass is 502 g/mol. The van der Waals surface area contributed by atoms with Crippen LogP contribution in [-0.2, 0) is 0 Å². The number of nitrogens with zero attached hydrogens (tertiary/aromatic N) is 7. The molecule has 11 nitrogen and oxygen atoms in total. The molecule has 2 N–H and O–H groups in total. The van der Waals surface area contributed by atoms with Gasteiger partial charge in [0, 0.05) is 31.1 Å². The maximum atomic E-state index is 15.4. The number of anilines is 3. The number of fused-ring (bicyclic) bond motifs is 1. The van der Waals surface area contributed by atoms with Gasteiger partial charge in [-0.3, -0.25) is 4.79 Å². The van der Waals surface area contributed by atoms with Gasteiger partial charge >= 0.3 is 11.8 Å². The van der Waals surface area contributed by atoms with Crippen molar-refractivity contribution in [2.45, 2.75) is 5.67 Å². The Hall–Kier alpha value is -4.61. The molecule has 12 heteroatoms. The van der Waals surface area contributed by atoms with E-state index >= 15 is 4.39 Å². The number of benzene rings is 2. The fourth-order valence-electron chi connectivity index (χ4n) is 4.72. The largest absolute Gasteiger partial charge is 0.493 e. The zero-order valence-electron chi connectivity index (χ0n) is 19.9. The summed E-state index contributed by atoms with van der Waals surface area (Å²) in [7, 11) is 1.78. The number of nitrogen functional groups attached to an aromatic ring is 1. The van der Waals surface area contributed by atoms with Crippen molar-refractivity contribution in [1.29, 1.82) is 0 Å². The number of piperidine rings is 1. The van der Waals surface area contributed by atoms with Crippen molar-refractivity contribution >= 4 is 23.5 Å². The molecule has 188 valence electrons. The van der Waals surface area contributed by atoms with Crippen LogP contribution in [0.25, 0.3) is 11.6 Å². The summed E-state index contributed by atoms with van der Waals surface area (Å²) in [6, 6.07) is 18.7. The van der Waals surface area contributed by atoms with Crippen LogP contribution in [0.4, 0.5) is 22.0 Å². The number of ether oxygens (including phenoxy) is 1. The summed E-state index contributed by atoms with van der Waals surface area (Å²) < 4.78 is 26.3. The van der Waals surface area contributed by atoms with Crippen LogP contribution in [0, 0.1) is 11.8 Å². The van der Waals surface area contributed by atoms with E-state index in [-0.39, 0.29) is 61.0 Å². The highest BCUT2D eigenvalue weighted by Gasteiger charge is 2.71. The lowest BCUT2D eigenvalue weighted by molar-refractivity contribution is 0.0679. The zero-order valence-corrected chi connectivity index (χ0v) is 19.9. The average Bonchev–Trinajstić information content (AvgIpc) is 3.28. The van der Waals surface area contributed by atoms with E-state index in [4.69, 9.17) is 15.0 Å². The molecule has 3 atom stereocenters. The van der Waals surface area contributed by atoms with E-state index in [9.17, 15) is 4.79 Å². The molecule has 1 aliphatic carbocycles. The number of alkyl halides is 1. The summed E-state index contributed by atoms with van der Waals surface area (Å²) in [5, 5.41) is 3.84. The first-order chi connectivity index (χ1) is 17.9. The normalized spacial score (nSPS) is 21.9. The highest BCUT2D eigenvalue weighted by Crippen LogP contribution is 2.58. The minimum atomic E-state index is -1.48. The van der Waals surface area contributed by atoms with Crippen molar-refractivity contribution in [3.05, 3.63) is 66.6 Å². The van der Waals surface area contributed by atoms with E-state index in [2.05, 4.69) is 25.1 Å². The lowest BCUT2D eigenvalue weighted by Gasteiger charge is -2.19. The lowest BCUT2D eigenvalue weighted by Crippen LogP contribution is -2.35. The number of aromatic nitrogens is 5. The zero-order chi connectivity index (χ0) is 25.6. The third-order valence-electron chi connectivity index (χ3n) is 6.81. The molecule has 2 fully saturated rings. The van der Waals surface area contributed by atoms with Crippen molar-refractivity contribution in [2.75, 3.05) is 37.4 Å². The molecule has 1 amide bonds.